The number of carbonyl (C=O) groups excluding carboxylic acids is 2. The molecule has 10 heteroatoms. The molecule has 0 N–H and O–H groups in total. The molecule has 0 saturated carbocycles. The summed E-state index contributed by atoms with van der Waals surface area (Å²) in [7, 11) is 7.70. The first kappa shape index (κ1) is 33.7. The number of aryl methyl sites for hydroxylation is 1. The van der Waals surface area contributed by atoms with Gasteiger partial charge in [-0.3, -0.25) is 14.5 Å². The third-order valence-corrected chi connectivity index (χ3v) is 4.86. The van der Waals surface area contributed by atoms with Gasteiger partial charge >= 0.3 is 6.18 Å². The van der Waals surface area contributed by atoms with Gasteiger partial charge in [-0.05, 0) is 31.2 Å². The molecular formula is C26H36Cl2F3N2O3+. The van der Waals surface area contributed by atoms with Crippen LogP contribution < -0.4 is 4.74 Å². The zero-order chi connectivity index (χ0) is 28.3. The highest BCUT2D eigenvalue weighted by Gasteiger charge is 2.35. The summed E-state index contributed by atoms with van der Waals surface area (Å²) in [5.74, 6) is -0.0634. The fraction of sp³-hybridized carbons (Fsp3) is 0.462. The van der Waals surface area contributed by atoms with Gasteiger partial charge in [0.2, 0.25) is 0 Å². The number of ether oxygens (including phenoxy) is 1. The SMILES string of the molecule is CCC.CCl.CN1C(=O)c2cccc(OCC[N+](C)(C)C)c2C1=O.Cc1ccc(Cl)c(C(F)(F)F)c1. The normalized spacial score (nSPS) is 12.4. The minimum Gasteiger partial charge on any atom is -0.487 e. The second kappa shape index (κ2) is 15.1. The zero-order valence-corrected chi connectivity index (χ0v) is 23.6. The number of hydrogen-bond donors (Lipinski definition) is 0. The number of amides is 2. The van der Waals surface area contributed by atoms with Crippen molar-refractivity contribution in [3.05, 3.63) is 63.7 Å². The van der Waals surface area contributed by atoms with Crippen LogP contribution in [0.25, 0.3) is 0 Å². The molecular weight excluding hydrogens is 516 g/mol. The lowest BCUT2D eigenvalue weighted by Crippen LogP contribution is -2.38. The van der Waals surface area contributed by atoms with Crippen LogP contribution in [-0.4, -0.2) is 68.9 Å². The smallest absolute Gasteiger partial charge is 0.417 e. The van der Waals surface area contributed by atoms with E-state index in [1.807, 2.05) is 0 Å². The lowest BCUT2D eigenvalue weighted by Gasteiger charge is -2.23. The molecule has 0 aromatic heterocycles. The molecule has 0 spiro atoms. The predicted octanol–water partition coefficient (Wildman–Crippen LogP) is 6.94. The standard InChI is InChI=1S/C14H19N2O3.C8H6ClF3.C3H8.CH3Cl/c1-15-13(17)10-6-5-7-11(12(10)14(15)18)19-9-8-16(2,3)4;1-5-2-3-7(9)6(4-5)8(10,11)12;1-3-2;1-2/h5-7H,8-9H2,1-4H3;2-4H,1H3;3H2,1-2H3;1H3/q+1;;;. The Morgan fingerprint density at radius 3 is 2.03 bits per heavy atom. The van der Waals surface area contributed by atoms with Gasteiger partial charge < -0.3 is 9.22 Å². The van der Waals surface area contributed by atoms with Crippen LogP contribution in [0.5, 0.6) is 5.75 Å². The van der Waals surface area contributed by atoms with E-state index in [4.69, 9.17) is 16.3 Å². The third kappa shape index (κ3) is 10.4. The Hall–Kier alpha value is -2.29. The maximum Gasteiger partial charge on any atom is 0.417 e. The first-order valence-corrected chi connectivity index (χ1v) is 12.4. The van der Waals surface area contributed by atoms with Crippen molar-refractivity contribution in [2.45, 2.75) is 33.4 Å². The highest BCUT2D eigenvalue weighted by atomic mass is 35.5. The number of nitrogens with zero attached hydrogens (tertiary/aromatic N) is 2. The summed E-state index contributed by atoms with van der Waals surface area (Å²) in [6.45, 7) is 7.17. The van der Waals surface area contributed by atoms with E-state index in [0.717, 1.165) is 22.0 Å². The number of halogens is 5. The van der Waals surface area contributed by atoms with Gasteiger partial charge in [-0.1, -0.05) is 49.6 Å². The van der Waals surface area contributed by atoms with Gasteiger partial charge in [-0.15, -0.1) is 11.6 Å². The second-order valence-corrected chi connectivity index (χ2v) is 9.31. The van der Waals surface area contributed by atoms with Gasteiger partial charge in [0.15, 0.2) is 0 Å². The van der Waals surface area contributed by atoms with Gasteiger partial charge in [0.25, 0.3) is 11.8 Å². The second-order valence-electron chi connectivity index (χ2n) is 8.90. The Balaban J connectivity index is 0.000000618. The van der Waals surface area contributed by atoms with Crippen LogP contribution in [0.1, 0.15) is 52.1 Å². The molecule has 0 fully saturated rings. The molecule has 3 rings (SSSR count). The Morgan fingerprint density at radius 1 is 1.00 bits per heavy atom. The van der Waals surface area contributed by atoms with E-state index in [1.54, 1.807) is 25.1 Å². The fourth-order valence-corrected chi connectivity index (χ4v) is 3.00. The lowest BCUT2D eigenvalue weighted by molar-refractivity contribution is -0.870. The molecule has 36 heavy (non-hydrogen) atoms. The van der Waals surface area contributed by atoms with E-state index in [0.29, 0.717) is 29.0 Å². The van der Waals surface area contributed by atoms with Crippen molar-refractivity contribution in [2.24, 2.45) is 0 Å². The molecule has 2 amide bonds. The number of fused-ring (bicyclic) bond motifs is 1. The van der Waals surface area contributed by atoms with E-state index in [2.05, 4.69) is 46.6 Å². The zero-order valence-electron chi connectivity index (χ0n) is 22.1. The van der Waals surface area contributed by atoms with Crippen LogP contribution in [-0.2, 0) is 6.18 Å². The summed E-state index contributed by atoms with van der Waals surface area (Å²) < 4.78 is 42.9. The van der Waals surface area contributed by atoms with Gasteiger partial charge in [-0.25, -0.2) is 0 Å². The van der Waals surface area contributed by atoms with Crippen molar-refractivity contribution in [3.63, 3.8) is 0 Å². The van der Waals surface area contributed by atoms with Crippen molar-refractivity contribution >= 4 is 35.0 Å². The third-order valence-electron chi connectivity index (χ3n) is 4.53. The predicted molar refractivity (Wildman–Crippen MR) is 140 cm³/mol. The number of alkyl halides is 4. The Bertz CT molecular complexity index is 1010. The largest absolute Gasteiger partial charge is 0.487 e. The number of hydrogen-bond acceptors (Lipinski definition) is 3. The van der Waals surface area contributed by atoms with Crippen LogP contribution in [0.2, 0.25) is 5.02 Å². The van der Waals surface area contributed by atoms with Crippen LogP contribution in [0.4, 0.5) is 13.2 Å². The van der Waals surface area contributed by atoms with Crippen molar-refractivity contribution in [1.29, 1.82) is 0 Å². The number of benzene rings is 2. The molecule has 1 heterocycles. The summed E-state index contributed by atoms with van der Waals surface area (Å²) in [4.78, 5) is 25.0. The summed E-state index contributed by atoms with van der Waals surface area (Å²) in [6.07, 6.45) is -1.64. The molecule has 0 aliphatic carbocycles. The number of rotatable bonds is 4. The van der Waals surface area contributed by atoms with Gasteiger partial charge in [-0.2, -0.15) is 13.2 Å². The average Bonchev–Trinajstić information content (AvgIpc) is 3.01. The number of carbonyl (C=O) groups is 2. The van der Waals surface area contributed by atoms with Crippen LogP contribution in [0.15, 0.2) is 36.4 Å². The minimum absolute atomic E-state index is 0.256. The Kier molecular flexibility index (Phi) is 14.1. The molecule has 0 atom stereocenters. The average molecular weight is 552 g/mol. The monoisotopic (exact) mass is 551 g/mol. The summed E-state index contributed by atoms with van der Waals surface area (Å²) in [5, 5.41) is -0.256. The highest BCUT2D eigenvalue weighted by Crippen LogP contribution is 2.35. The number of imide groups is 1. The molecule has 0 bridgehead atoms. The van der Waals surface area contributed by atoms with Crippen LogP contribution in [0.3, 0.4) is 0 Å². The first-order valence-electron chi connectivity index (χ1n) is 11.2. The summed E-state index contributed by atoms with van der Waals surface area (Å²) >= 11 is 10.00. The van der Waals surface area contributed by atoms with E-state index in [1.165, 1.54) is 32.0 Å². The van der Waals surface area contributed by atoms with E-state index in [-0.39, 0.29) is 16.8 Å². The molecule has 202 valence electrons. The summed E-state index contributed by atoms with van der Waals surface area (Å²) in [6, 6.07) is 8.95. The molecule has 1 aliphatic heterocycles. The van der Waals surface area contributed by atoms with E-state index in [9.17, 15) is 22.8 Å². The lowest BCUT2D eigenvalue weighted by atomic mass is 10.1. The van der Waals surface area contributed by atoms with Gasteiger partial charge in [0.1, 0.15) is 18.9 Å². The first-order chi connectivity index (χ1) is 16.6. The van der Waals surface area contributed by atoms with Crippen molar-refractivity contribution in [3.8, 4) is 5.75 Å². The van der Waals surface area contributed by atoms with Gasteiger partial charge in [0, 0.05) is 13.4 Å². The van der Waals surface area contributed by atoms with Crippen molar-refractivity contribution in [1.82, 2.24) is 4.90 Å². The van der Waals surface area contributed by atoms with E-state index >= 15 is 0 Å². The maximum absolute atomic E-state index is 12.1. The van der Waals surface area contributed by atoms with Gasteiger partial charge in [0.05, 0.1) is 42.9 Å². The Morgan fingerprint density at radius 2 is 1.56 bits per heavy atom. The molecule has 0 saturated heterocycles. The molecule has 2 aromatic rings. The minimum atomic E-state index is -4.36. The van der Waals surface area contributed by atoms with Crippen LogP contribution in [0, 0.1) is 6.92 Å². The van der Waals surface area contributed by atoms with Crippen LogP contribution >= 0.6 is 23.2 Å². The topological polar surface area (TPSA) is 46.6 Å². The molecule has 1 aliphatic rings. The fourth-order valence-electron chi connectivity index (χ4n) is 2.78. The quantitative estimate of drug-likeness (QED) is 0.235. The number of quaternary nitrogens is 1. The molecule has 0 unspecified atom stereocenters. The molecule has 2 aromatic carbocycles. The summed E-state index contributed by atoms with van der Waals surface area (Å²) in [5.41, 5.74) is 0.586. The van der Waals surface area contributed by atoms with Crippen molar-refractivity contribution < 1.29 is 32.0 Å². The highest BCUT2D eigenvalue weighted by molar-refractivity contribution is 6.31. The Labute approximate surface area is 222 Å². The molecule has 5 nitrogen and oxygen atoms in total. The number of likely N-dealkylation sites (N-methyl/N-ethyl adjacent to an activating group) is 1. The molecule has 0 radical (unpaired) electrons. The van der Waals surface area contributed by atoms with Crippen molar-refractivity contribution in [2.75, 3.05) is 47.7 Å². The maximum atomic E-state index is 12.1. The van der Waals surface area contributed by atoms with E-state index < -0.39 is 11.7 Å².